The molecule has 20 heavy (non-hydrogen) atoms. The average molecular weight is 292 g/mol. The van der Waals surface area contributed by atoms with Crippen LogP contribution in [0.5, 0.6) is 0 Å². The van der Waals surface area contributed by atoms with Gasteiger partial charge in [0.15, 0.2) is 15.3 Å². The van der Waals surface area contributed by atoms with Crippen molar-refractivity contribution in [3.05, 3.63) is 64.6 Å². The van der Waals surface area contributed by atoms with Crippen molar-refractivity contribution in [3.8, 4) is 0 Å². The molecule has 1 heterocycles. The van der Waals surface area contributed by atoms with Crippen molar-refractivity contribution in [2.45, 2.75) is 18.0 Å². The summed E-state index contributed by atoms with van der Waals surface area (Å²) in [5.41, 5.74) is 6.20. The highest BCUT2D eigenvalue weighted by molar-refractivity contribution is 7.91. The van der Waals surface area contributed by atoms with Crippen LogP contribution in [0.1, 0.15) is 5.56 Å². The molecule has 6 heteroatoms. The molecule has 106 valence electrons. The third kappa shape index (κ3) is 3.55. The van der Waals surface area contributed by atoms with Crippen molar-refractivity contribution in [1.82, 2.24) is 4.57 Å². The van der Waals surface area contributed by atoms with Gasteiger partial charge in [-0.1, -0.05) is 12.1 Å². The van der Waals surface area contributed by atoms with Gasteiger partial charge < -0.3 is 10.3 Å². The van der Waals surface area contributed by atoms with Gasteiger partial charge in [-0.05, 0) is 17.7 Å². The molecule has 0 aliphatic heterocycles. The minimum absolute atomic E-state index is 0.0239. The Morgan fingerprint density at radius 1 is 1.10 bits per heavy atom. The van der Waals surface area contributed by atoms with Crippen LogP contribution in [0.15, 0.2) is 58.5 Å². The Balaban J connectivity index is 2.14. The van der Waals surface area contributed by atoms with Crippen LogP contribution in [-0.2, 0) is 22.9 Å². The van der Waals surface area contributed by atoms with Gasteiger partial charge in [-0.25, -0.2) is 8.42 Å². The fourth-order valence-corrected chi connectivity index (χ4v) is 3.11. The zero-order valence-electron chi connectivity index (χ0n) is 10.9. The highest BCUT2D eigenvalue weighted by Crippen LogP contribution is 2.13. The maximum atomic E-state index is 12.2. The molecular formula is C14H16N2O3S. The van der Waals surface area contributed by atoms with Gasteiger partial charge in [-0.3, -0.25) is 4.79 Å². The number of hydrogen-bond donors (Lipinski definition) is 1. The molecule has 2 N–H and O–H groups in total. The molecule has 0 saturated heterocycles. The van der Waals surface area contributed by atoms with E-state index in [-0.39, 0.29) is 16.1 Å². The summed E-state index contributed by atoms with van der Waals surface area (Å²) >= 11 is 0. The van der Waals surface area contributed by atoms with E-state index in [1.54, 1.807) is 41.2 Å². The summed E-state index contributed by atoms with van der Waals surface area (Å²) < 4.78 is 26.1. The van der Waals surface area contributed by atoms with Crippen molar-refractivity contribution < 1.29 is 8.42 Å². The lowest BCUT2D eigenvalue weighted by Crippen LogP contribution is -2.14. The first kappa shape index (κ1) is 14.5. The van der Waals surface area contributed by atoms with Crippen LogP contribution >= 0.6 is 0 Å². The molecule has 0 radical (unpaired) electrons. The van der Waals surface area contributed by atoms with Crippen LogP contribution in [0.2, 0.25) is 0 Å². The van der Waals surface area contributed by atoms with E-state index in [9.17, 15) is 13.2 Å². The Bertz CT molecular complexity index is 731. The van der Waals surface area contributed by atoms with Crippen LogP contribution in [0.25, 0.3) is 0 Å². The lowest BCUT2D eigenvalue weighted by molar-refractivity contribution is 0.588. The molecular weight excluding hydrogens is 276 g/mol. The second-order valence-electron chi connectivity index (χ2n) is 4.44. The summed E-state index contributed by atoms with van der Waals surface area (Å²) in [5, 5.41) is 0. The third-order valence-corrected chi connectivity index (χ3v) is 4.66. The number of aryl methyl sites for hydroxylation is 1. The van der Waals surface area contributed by atoms with Crippen LogP contribution < -0.4 is 11.2 Å². The van der Waals surface area contributed by atoms with E-state index in [0.29, 0.717) is 13.1 Å². The lowest BCUT2D eigenvalue weighted by atomic mass is 10.2. The fraction of sp³-hybridized carbons (Fsp3) is 0.214. The number of rotatable bonds is 5. The maximum absolute atomic E-state index is 12.2. The second-order valence-corrected chi connectivity index (χ2v) is 6.55. The first-order chi connectivity index (χ1) is 9.51. The average Bonchev–Trinajstić information content (AvgIpc) is 2.47. The molecule has 0 spiro atoms. The number of aromatic nitrogens is 1. The SMILES string of the molecule is NCc1cccc(S(=O)(=O)CCn2ccc(=O)cc2)c1. The van der Waals surface area contributed by atoms with Crippen LogP contribution in [0.3, 0.4) is 0 Å². The van der Waals surface area contributed by atoms with Crippen molar-refractivity contribution in [1.29, 1.82) is 0 Å². The highest BCUT2D eigenvalue weighted by atomic mass is 32.2. The molecule has 0 unspecified atom stereocenters. The zero-order chi connectivity index (χ0) is 14.6. The third-order valence-electron chi connectivity index (χ3n) is 2.97. The van der Waals surface area contributed by atoms with E-state index < -0.39 is 9.84 Å². The zero-order valence-corrected chi connectivity index (χ0v) is 11.7. The fourth-order valence-electron chi connectivity index (χ4n) is 1.80. The summed E-state index contributed by atoms with van der Waals surface area (Å²) in [6.45, 7) is 0.610. The predicted octanol–water partition coefficient (Wildman–Crippen LogP) is 0.781. The van der Waals surface area contributed by atoms with E-state index >= 15 is 0 Å². The number of hydrogen-bond acceptors (Lipinski definition) is 4. The molecule has 2 aromatic rings. The molecule has 0 bridgehead atoms. The minimum atomic E-state index is -3.36. The molecule has 1 aromatic heterocycles. The molecule has 1 aromatic carbocycles. The molecule has 0 aliphatic rings. The highest BCUT2D eigenvalue weighted by Gasteiger charge is 2.14. The monoisotopic (exact) mass is 292 g/mol. The Morgan fingerprint density at radius 2 is 1.80 bits per heavy atom. The summed E-state index contributed by atoms with van der Waals surface area (Å²) in [4.78, 5) is 11.3. The first-order valence-electron chi connectivity index (χ1n) is 6.19. The van der Waals surface area contributed by atoms with E-state index in [1.807, 2.05) is 0 Å². The van der Waals surface area contributed by atoms with Crippen molar-refractivity contribution in [3.63, 3.8) is 0 Å². The Kier molecular flexibility index (Phi) is 4.36. The van der Waals surface area contributed by atoms with Crippen molar-refractivity contribution in [2.24, 2.45) is 5.73 Å². The van der Waals surface area contributed by atoms with Crippen LogP contribution in [0, 0.1) is 0 Å². The molecule has 0 fully saturated rings. The molecule has 0 aliphatic carbocycles. The number of sulfone groups is 1. The molecule has 2 rings (SSSR count). The summed E-state index contributed by atoms with van der Waals surface area (Å²) in [6.07, 6.45) is 3.16. The molecule has 5 nitrogen and oxygen atoms in total. The van der Waals surface area contributed by atoms with Gasteiger partial charge in [-0.2, -0.15) is 0 Å². The van der Waals surface area contributed by atoms with Crippen molar-refractivity contribution in [2.75, 3.05) is 5.75 Å². The number of nitrogens with zero attached hydrogens (tertiary/aromatic N) is 1. The Morgan fingerprint density at radius 3 is 2.45 bits per heavy atom. The quantitative estimate of drug-likeness (QED) is 0.883. The van der Waals surface area contributed by atoms with Gasteiger partial charge in [0.05, 0.1) is 10.6 Å². The van der Waals surface area contributed by atoms with Gasteiger partial charge in [0, 0.05) is 37.6 Å². The van der Waals surface area contributed by atoms with Gasteiger partial charge in [0.1, 0.15) is 0 Å². The standard InChI is InChI=1S/C14H16N2O3S/c15-11-12-2-1-3-14(10-12)20(18,19)9-8-16-6-4-13(17)5-7-16/h1-7,10H,8-9,11,15H2. The number of nitrogens with two attached hydrogens (primary N) is 1. The topological polar surface area (TPSA) is 82.2 Å². The smallest absolute Gasteiger partial charge is 0.181 e. The number of pyridine rings is 1. The molecule has 0 amide bonds. The van der Waals surface area contributed by atoms with Gasteiger partial charge in [0.2, 0.25) is 0 Å². The Labute approximate surface area is 117 Å². The minimum Gasteiger partial charge on any atom is -0.353 e. The van der Waals surface area contributed by atoms with Crippen LogP contribution in [-0.4, -0.2) is 18.7 Å². The normalized spacial score (nSPS) is 11.4. The van der Waals surface area contributed by atoms with E-state index in [0.717, 1.165) is 5.56 Å². The summed E-state index contributed by atoms with van der Waals surface area (Å²) in [5.74, 6) is -0.0239. The first-order valence-corrected chi connectivity index (χ1v) is 7.84. The molecule has 0 saturated carbocycles. The van der Waals surface area contributed by atoms with E-state index in [2.05, 4.69) is 0 Å². The Hall–Kier alpha value is -1.92. The van der Waals surface area contributed by atoms with Gasteiger partial charge in [-0.15, -0.1) is 0 Å². The second kappa shape index (κ2) is 6.02. The largest absolute Gasteiger partial charge is 0.353 e. The van der Waals surface area contributed by atoms with E-state index in [4.69, 9.17) is 5.73 Å². The molecule has 0 atom stereocenters. The number of benzene rings is 1. The van der Waals surface area contributed by atoms with Gasteiger partial charge in [0.25, 0.3) is 0 Å². The summed E-state index contributed by atoms with van der Waals surface area (Å²) in [7, 11) is -3.36. The summed E-state index contributed by atoms with van der Waals surface area (Å²) in [6, 6.07) is 9.46. The maximum Gasteiger partial charge on any atom is 0.181 e. The van der Waals surface area contributed by atoms with E-state index in [1.165, 1.54) is 12.1 Å². The lowest BCUT2D eigenvalue weighted by Gasteiger charge is -2.08. The predicted molar refractivity (Wildman–Crippen MR) is 77.1 cm³/mol. The van der Waals surface area contributed by atoms with Crippen molar-refractivity contribution >= 4 is 9.84 Å². The van der Waals surface area contributed by atoms with Gasteiger partial charge >= 0.3 is 0 Å². The van der Waals surface area contributed by atoms with Crippen LogP contribution in [0.4, 0.5) is 0 Å².